The molecule has 6 heteroatoms. The molecule has 0 unspecified atom stereocenters. The SMILES string of the molecule is O=C(OCc1ccccc1)c1cc(O)n(OCc2ccccc2)c1O. The van der Waals surface area contributed by atoms with Crippen LogP contribution in [0.4, 0.5) is 0 Å². The molecule has 3 rings (SSSR count). The molecule has 25 heavy (non-hydrogen) atoms. The fourth-order valence-electron chi connectivity index (χ4n) is 2.26. The fraction of sp³-hybridized carbons (Fsp3) is 0.105. The minimum atomic E-state index is -0.751. The second-order valence-corrected chi connectivity index (χ2v) is 5.35. The third-order valence-electron chi connectivity index (χ3n) is 3.55. The Morgan fingerprint density at radius 3 is 2.04 bits per heavy atom. The Kier molecular flexibility index (Phi) is 4.89. The van der Waals surface area contributed by atoms with Crippen molar-refractivity contribution in [3.8, 4) is 11.8 Å². The second-order valence-electron chi connectivity index (χ2n) is 5.35. The van der Waals surface area contributed by atoms with Gasteiger partial charge in [-0.3, -0.25) is 0 Å². The number of aromatic nitrogens is 1. The predicted molar refractivity (Wildman–Crippen MR) is 90.0 cm³/mol. The quantitative estimate of drug-likeness (QED) is 0.675. The monoisotopic (exact) mass is 339 g/mol. The molecule has 0 aliphatic rings. The first-order valence-corrected chi connectivity index (χ1v) is 7.67. The van der Waals surface area contributed by atoms with Gasteiger partial charge in [-0.2, -0.15) is 0 Å². The normalized spacial score (nSPS) is 10.4. The Labute approximate surface area is 144 Å². The molecule has 0 spiro atoms. The highest BCUT2D eigenvalue weighted by Gasteiger charge is 2.22. The zero-order valence-electron chi connectivity index (χ0n) is 13.3. The molecule has 0 fully saturated rings. The summed E-state index contributed by atoms with van der Waals surface area (Å²) in [6, 6.07) is 19.5. The van der Waals surface area contributed by atoms with Gasteiger partial charge in [-0.05, 0) is 11.1 Å². The second kappa shape index (κ2) is 7.44. The molecular weight excluding hydrogens is 322 g/mol. The summed E-state index contributed by atoms with van der Waals surface area (Å²) in [5, 5.41) is 20.0. The molecule has 0 saturated heterocycles. The number of esters is 1. The van der Waals surface area contributed by atoms with Gasteiger partial charge in [-0.25, -0.2) is 4.79 Å². The van der Waals surface area contributed by atoms with E-state index in [-0.39, 0.29) is 24.7 Å². The highest BCUT2D eigenvalue weighted by atomic mass is 16.7. The van der Waals surface area contributed by atoms with Gasteiger partial charge in [0.25, 0.3) is 0 Å². The summed E-state index contributed by atoms with van der Waals surface area (Å²) >= 11 is 0. The van der Waals surface area contributed by atoms with Gasteiger partial charge in [-0.1, -0.05) is 60.7 Å². The molecule has 0 aliphatic heterocycles. The predicted octanol–water partition coefficient (Wildman–Crippen LogP) is 2.89. The van der Waals surface area contributed by atoms with E-state index in [9.17, 15) is 15.0 Å². The van der Waals surface area contributed by atoms with Crippen LogP contribution in [0.3, 0.4) is 0 Å². The third-order valence-corrected chi connectivity index (χ3v) is 3.55. The zero-order valence-corrected chi connectivity index (χ0v) is 13.3. The average molecular weight is 339 g/mol. The van der Waals surface area contributed by atoms with Gasteiger partial charge < -0.3 is 19.8 Å². The van der Waals surface area contributed by atoms with Gasteiger partial charge >= 0.3 is 5.97 Å². The number of rotatable bonds is 6. The lowest BCUT2D eigenvalue weighted by atomic mass is 10.2. The summed E-state index contributed by atoms with van der Waals surface area (Å²) in [7, 11) is 0. The summed E-state index contributed by atoms with van der Waals surface area (Å²) < 4.78 is 5.94. The van der Waals surface area contributed by atoms with E-state index in [4.69, 9.17) is 9.57 Å². The van der Waals surface area contributed by atoms with E-state index in [2.05, 4.69) is 0 Å². The van der Waals surface area contributed by atoms with E-state index >= 15 is 0 Å². The molecule has 6 nitrogen and oxygen atoms in total. The first-order chi connectivity index (χ1) is 12.1. The van der Waals surface area contributed by atoms with E-state index in [1.807, 2.05) is 60.7 Å². The third kappa shape index (κ3) is 3.92. The van der Waals surface area contributed by atoms with Gasteiger partial charge in [-0.15, -0.1) is 4.73 Å². The van der Waals surface area contributed by atoms with Crippen molar-refractivity contribution in [2.75, 3.05) is 0 Å². The molecule has 1 heterocycles. The van der Waals surface area contributed by atoms with Crippen LogP contribution in [0.15, 0.2) is 66.7 Å². The molecular formula is C19H17NO5. The van der Waals surface area contributed by atoms with Crippen LogP contribution < -0.4 is 4.84 Å². The summed E-state index contributed by atoms with van der Waals surface area (Å²) in [5.41, 5.74) is 1.50. The van der Waals surface area contributed by atoms with Crippen LogP contribution in [-0.2, 0) is 18.0 Å². The maximum Gasteiger partial charge on any atom is 0.344 e. The Morgan fingerprint density at radius 2 is 1.44 bits per heavy atom. The minimum Gasteiger partial charge on any atom is -0.492 e. The molecule has 2 aromatic carbocycles. The molecule has 0 bridgehead atoms. The van der Waals surface area contributed by atoms with Crippen molar-refractivity contribution in [1.82, 2.24) is 4.73 Å². The van der Waals surface area contributed by atoms with Crippen molar-refractivity contribution in [2.45, 2.75) is 13.2 Å². The fourth-order valence-corrected chi connectivity index (χ4v) is 2.26. The number of ether oxygens (including phenoxy) is 1. The number of hydrogen-bond donors (Lipinski definition) is 2. The Hall–Kier alpha value is -3.41. The first kappa shape index (κ1) is 16.4. The largest absolute Gasteiger partial charge is 0.492 e. The van der Waals surface area contributed by atoms with Crippen LogP contribution in [0.2, 0.25) is 0 Å². The molecule has 3 aromatic rings. The van der Waals surface area contributed by atoms with Crippen LogP contribution in [-0.4, -0.2) is 20.9 Å². The highest BCUT2D eigenvalue weighted by molar-refractivity contribution is 5.92. The molecule has 1 aromatic heterocycles. The zero-order chi connectivity index (χ0) is 17.6. The number of hydrogen-bond acceptors (Lipinski definition) is 5. The molecule has 0 radical (unpaired) electrons. The van der Waals surface area contributed by atoms with E-state index in [0.717, 1.165) is 21.9 Å². The van der Waals surface area contributed by atoms with E-state index in [1.54, 1.807) is 0 Å². The molecule has 2 N–H and O–H groups in total. The summed E-state index contributed by atoms with van der Waals surface area (Å²) in [5.74, 6) is -1.65. The van der Waals surface area contributed by atoms with Crippen molar-refractivity contribution in [3.05, 3.63) is 83.4 Å². The number of carbonyl (C=O) groups is 1. The van der Waals surface area contributed by atoms with Gasteiger partial charge in [0.15, 0.2) is 0 Å². The van der Waals surface area contributed by atoms with Crippen molar-refractivity contribution < 1.29 is 24.6 Å². The Morgan fingerprint density at radius 1 is 0.880 bits per heavy atom. The smallest absolute Gasteiger partial charge is 0.344 e. The van der Waals surface area contributed by atoms with Crippen molar-refractivity contribution in [1.29, 1.82) is 0 Å². The van der Waals surface area contributed by atoms with Gasteiger partial charge in [0, 0.05) is 6.07 Å². The molecule has 0 amide bonds. The number of nitrogens with zero attached hydrogens (tertiary/aromatic N) is 1. The molecule has 128 valence electrons. The highest BCUT2D eigenvalue weighted by Crippen LogP contribution is 2.27. The van der Waals surface area contributed by atoms with E-state index in [0.29, 0.717) is 0 Å². The molecule has 0 aliphatic carbocycles. The van der Waals surface area contributed by atoms with Crippen molar-refractivity contribution in [3.63, 3.8) is 0 Å². The first-order valence-electron chi connectivity index (χ1n) is 7.67. The maximum absolute atomic E-state index is 12.1. The lowest BCUT2D eigenvalue weighted by molar-refractivity contribution is 0.0450. The topological polar surface area (TPSA) is 80.9 Å². The van der Waals surface area contributed by atoms with E-state index in [1.165, 1.54) is 0 Å². The lowest BCUT2D eigenvalue weighted by Gasteiger charge is -2.09. The Balaban J connectivity index is 1.67. The van der Waals surface area contributed by atoms with E-state index < -0.39 is 11.8 Å². The van der Waals surface area contributed by atoms with Gasteiger partial charge in [0.1, 0.15) is 18.8 Å². The standard InChI is InChI=1S/C19H17NO5/c21-17-11-16(19(23)24-12-14-7-3-1-4-8-14)18(22)20(17)25-13-15-9-5-2-6-10-15/h1-11,21-22H,12-13H2. The summed E-state index contributed by atoms with van der Waals surface area (Å²) in [6.07, 6.45) is 0. The van der Waals surface area contributed by atoms with Crippen molar-refractivity contribution >= 4 is 5.97 Å². The average Bonchev–Trinajstić information content (AvgIpc) is 2.94. The van der Waals surface area contributed by atoms with Crippen LogP contribution in [0.5, 0.6) is 11.8 Å². The van der Waals surface area contributed by atoms with Crippen LogP contribution >= 0.6 is 0 Å². The summed E-state index contributed by atoms with van der Waals surface area (Å²) in [4.78, 5) is 17.5. The van der Waals surface area contributed by atoms with Crippen molar-refractivity contribution in [2.24, 2.45) is 0 Å². The molecule has 0 saturated carbocycles. The van der Waals surface area contributed by atoms with Crippen LogP contribution in [0.1, 0.15) is 21.5 Å². The minimum absolute atomic E-state index is 0.0654. The number of aromatic hydroxyl groups is 2. The number of benzene rings is 2. The van der Waals surface area contributed by atoms with Crippen LogP contribution in [0, 0.1) is 0 Å². The summed E-state index contributed by atoms with van der Waals surface area (Å²) in [6.45, 7) is 0.186. The molecule has 0 atom stereocenters. The Bertz CT molecular complexity index is 843. The number of carbonyl (C=O) groups excluding carboxylic acids is 1. The maximum atomic E-state index is 12.1. The van der Waals surface area contributed by atoms with Gasteiger partial charge in [0.2, 0.25) is 11.8 Å². The lowest BCUT2D eigenvalue weighted by Crippen LogP contribution is -2.11. The van der Waals surface area contributed by atoms with Gasteiger partial charge in [0.05, 0.1) is 0 Å². The van der Waals surface area contributed by atoms with Crippen LogP contribution in [0.25, 0.3) is 0 Å².